The van der Waals surface area contributed by atoms with Gasteiger partial charge in [0.15, 0.2) is 6.04 Å². The van der Waals surface area contributed by atoms with E-state index in [4.69, 9.17) is 5.11 Å². The number of rotatable bonds is 6. The fourth-order valence-electron chi connectivity index (χ4n) is 1.50. The maximum Gasteiger partial charge on any atom is 0.330 e. The van der Waals surface area contributed by atoms with Gasteiger partial charge in [-0.2, -0.15) is 4.80 Å². The Bertz CT molecular complexity index is 612. The van der Waals surface area contributed by atoms with Gasteiger partial charge in [-0.05, 0) is 16.7 Å². The van der Waals surface area contributed by atoms with Gasteiger partial charge in [0, 0.05) is 0 Å². The van der Waals surface area contributed by atoms with Crippen molar-refractivity contribution in [3.8, 4) is 10.7 Å². The Morgan fingerprint density at radius 1 is 1.57 bits per heavy atom. The lowest BCUT2D eigenvalue weighted by atomic mass is 10.3. The minimum Gasteiger partial charge on any atom is -0.467 e. The normalized spacial score (nSPS) is 11.9. The second-order valence-electron chi connectivity index (χ2n) is 3.95. The summed E-state index contributed by atoms with van der Waals surface area (Å²) >= 11 is 1.46. The minimum absolute atomic E-state index is 0.216. The summed E-state index contributed by atoms with van der Waals surface area (Å²) in [6.07, 6.45) is 0. The lowest BCUT2D eigenvalue weighted by Gasteiger charge is -2.13. The molecule has 2 heterocycles. The predicted octanol–water partition coefficient (Wildman–Crippen LogP) is -0.948. The standard InChI is InChI=1S/C11H13N5O4S/c1-20-11(19)7(6-17)12-9(18)5-16-14-10(13-15-16)8-3-2-4-21-8/h2-4,7,17H,5-6H2,1H3,(H,12,18). The number of carbonyl (C=O) groups excluding carboxylic acids is 2. The zero-order valence-electron chi connectivity index (χ0n) is 11.1. The molecule has 1 atom stereocenters. The van der Waals surface area contributed by atoms with Gasteiger partial charge in [0.1, 0.15) is 6.54 Å². The summed E-state index contributed by atoms with van der Waals surface area (Å²) < 4.78 is 4.44. The van der Waals surface area contributed by atoms with Gasteiger partial charge in [0.2, 0.25) is 11.7 Å². The van der Waals surface area contributed by atoms with Crippen LogP contribution in [0.3, 0.4) is 0 Å². The highest BCUT2D eigenvalue weighted by atomic mass is 32.1. The number of nitrogens with one attached hydrogen (secondary N) is 1. The molecule has 0 bridgehead atoms. The number of ether oxygens (including phenoxy) is 1. The Morgan fingerprint density at radius 2 is 2.38 bits per heavy atom. The molecule has 0 spiro atoms. The molecule has 21 heavy (non-hydrogen) atoms. The van der Waals surface area contributed by atoms with Crippen LogP contribution in [0.4, 0.5) is 0 Å². The van der Waals surface area contributed by atoms with E-state index < -0.39 is 24.5 Å². The molecule has 0 aliphatic heterocycles. The fourth-order valence-corrected chi connectivity index (χ4v) is 2.15. The molecule has 1 amide bonds. The van der Waals surface area contributed by atoms with E-state index in [2.05, 4.69) is 25.5 Å². The molecular formula is C11H13N5O4S. The molecule has 0 aliphatic carbocycles. The molecule has 0 aliphatic rings. The van der Waals surface area contributed by atoms with Crippen molar-refractivity contribution >= 4 is 23.2 Å². The zero-order valence-corrected chi connectivity index (χ0v) is 11.9. The average molecular weight is 311 g/mol. The number of carbonyl (C=O) groups is 2. The first kappa shape index (κ1) is 15.1. The molecule has 112 valence electrons. The first-order valence-electron chi connectivity index (χ1n) is 5.93. The van der Waals surface area contributed by atoms with Gasteiger partial charge in [0.25, 0.3) is 0 Å². The number of thiophene rings is 1. The number of aliphatic hydroxyl groups is 1. The molecule has 2 rings (SSSR count). The number of amides is 1. The highest BCUT2D eigenvalue weighted by Gasteiger charge is 2.21. The molecule has 0 aromatic carbocycles. The van der Waals surface area contributed by atoms with E-state index in [0.717, 1.165) is 9.67 Å². The molecule has 2 N–H and O–H groups in total. The van der Waals surface area contributed by atoms with Crippen LogP contribution in [0.1, 0.15) is 0 Å². The van der Waals surface area contributed by atoms with Crippen LogP contribution in [0.5, 0.6) is 0 Å². The lowest BCUT2D eigenvalue weighted by Crippen LogP contribution is -2.45. The summed E-state index contributed by atoms with van der Waals surface area (Å²) in [6.45, 7) is -0.768. The van der Waals surface area contributed by atoms with Gasteiger partial charge in [0.05, 0.1) is 18.6 Å². The summed E-state index contributed by atoms with van der Waals surface area (Å²) in [5.41, 5.74) is 0. The third-order valence-electron chi connectivity index (χ3n) is 2.48. The maximum absolute atomic E-state index is 11.7. The summed E-state index contributed by atoms with van der Waals surface area (Å²) in [6, 6.07) is 2.59. The Kier molecular flexibility index (Phi) is 4.95. The number of methoxy groups -OCH3 is 1. The molecule has 10 heteroatoms. The van der Waals surface area contributed by atoms with Gasteiger partial charge in [-0.1, -0.05) is 6.07 Å². The number of nitrogens with zero attached hydrogens (tertiary/aromatic N) is 4. The van der Waals surface area contributed by atoms with Crippen LogP contribution in [0.15, 0.2) is 17.5 Å². The Morgan fingerprint density at radius 3 is 3.00 bits per heavy atom. The minimum atomic E-state index is -1.11. The molecule has 0 fully saturated rings. The summed E-state index contributed by atoms with van der Waals surface area (Å²) in [5, 5.41) is 24.9. The number of esters is 1. The van der Waals surface area contributed by atoms with Crippen LogP contribution >= 0.6 is 11.3 Å². The van der Waals surface area contributed by atoms with E-state index in [0.29, 0.717) is 5.82 Å². The van der Waals surface area contributed by atoms with Crippen molar-refractivity contribution in [1.29, 1.82) is 0 Å². The Hall–Kier alpha value is -2.33. The molecule has 0 saturated heterocycles. The van der Waals surface area contributed by atoms with Crippen molar-refractivity contribution in [3.63, 3.8) is 0 Å². The molecule has 2 aromatic rings. The first-order chi connectivity index (χ1) is 10.1. The van der Waals surface area contributed by atoms with Crippen molar-refractivity contribution < 1.29 is 19.4 Å². The smallest absolute Gasteiger partial charge is 0.330 e. The molecule has 0 radical (unpaired) electrons. The number of tetrazole rings is 1. The van der Waals surface area contributed by atoms with Crippen LogP contribution < -0.4 is 5.32 Å². The van der Waals surface area contributed by atoms with E-state index in [1.54, 1.807) is 0 Å². The Labute approximate surface area is 123 Å². The summed E-state index contributed by atoms with van der Waals surface area (Å²) in [7, 11) is 1.17. The average Bonchev–Trinajstić information content (AvgIpc) is 3.14. The largest absolute Gasteiger partial charge is 0.467 e. The van der Waals surface area contributed by atoms with E-state index in [1.807, 2.05) is 17.5 Å². The van der Waals surface area contributed by atoms with Crippen LogP contribution in [-0.4, -0.2) is 56.9 Å². The lowest BCUT2D eigenvalue weighted by molar-refractivity contribution is -0.146. The van der Waals surface area contributed by atoms with Crippen molar-refractivity contribution in [2.75, 3.05) is 13.7 Å². The molecule has 0 saturated carbocycles. The molecular weight excluding hydrogens is 298 g/mol. The third kappa shape index (κ3) is 3.83. The number of hydrogen-bond acceptors (Lipinski definition) is 8. The van der Waals surface area contributed by atoms with Gasteiger partial charge in [-0.3, -0.25) is 4.79 Å². The molecule has 2 aromatic heterocycles. The van der Waals surface area contributed by atoms with Gasteiger partial charge >= 0.3 is 5.97 Å². The third-order valence-corrected chi connectivity index (χ3v) is 3.35. The first-order valence-corrected chi connectivity index (χ1v) is 6.81. The Balaban J connectivity index is 1.95. The van der Waals surface area contributed by atoms with E-state index in [9.17, 15) is 9.59 Å². The summed E-state index contributed by atoms with van der Waals surface area (Å²) in [4.78, 5) is 24.9. The van der Waals surface area contributed by atoms with E-state index in [1.165, 1.54) is 18.4 Å². The maximum atomic E-state index is 11.7. The van der Waals surface area contributed by atoms with Crippen LogP contribution in [0.2, 0.25) is 0 Å². The van der Waals surface area contributed by atoms with Crippen LogP contribution in [0.25, 0.3) is 10.7 Å². The van der Waals surface area contributed by atoms with Crippen molar-refractivity contribution in [2.24, 2.45) is 0 Å². The quantitative estimate of drug-likeness (QED) is 0.660. The second-order valence-corrected chi connectivity index (χ2v) is 4.89. The number of aliphatic hydroxyl groups excluding tert-OH is 1. The van der Waals surface area contributed by atoms with Crippen LogP contribution in [-0.2, 0) is 20.9 Å². The molecule has 1 unspecified atom stereocenters. The number of aromatic nitrogens is 4. The van der Waals surface area contributed by atoms with E-state index in [-0.39, 0.29) is 6.54 Å². The van der Waals surface area contributed by atoms with E-state index >= 15 is 0 Å². The zero-order chi connectivity index (χ0) is 15.2. The van der Waals surface area contributed by atoms with Crippen molar-refractivity contribution in [2.45, 2.75) is 12.6 Å². The monoisotopic (exact) mass is 311 g/mol. The molecule has 9 nitrogen and oxygen atoms in total. The van der Waals surface area contributed by atoms with Gasteiger partial charge < -0.3 is 15.2 Å². The van der Waals surface area contributed by atoms with Gasteiger partial charge in [-0.25, -0.2) is 4.79 Å². The van der Waals surface area contributed by atoms with Crippen LogP contribution in [0, 0.1) is 0 Å². The summed E-state index contributed by atoms with van der Waals surface area (Å²) in [5.74, 6) is -0.837. The second kappa shape index (κ2) is 6.90. The topological polar surface area (TPSA) is 119 Å². The predicted molar refractivity (Wildman–Crippen MR) is 72.2 cm³/mol. The highest BCUT2D eigenvalue weighted by Crippen LogP contribution is 2.19. The van der Waals surface area contributed by atoms with Crippen molar-refractivity contribution in [3.05, 3.63) is 17.5 Å². The van der Waals surface area contributed by atoms with Gasteiger partial charge in [-0.15, -0.1) is 21.5 Å². The SMILES string of the molecule is COC(=O)C(CO)NC(=O)Cn1nnc(-c2cccs2)n1. The number of hydrogen-bond donors (Lipinski definition) is 2. The van der Waals surface area contributed by atoms with Crippen molar-refractivity contribution in [1.82, 2.24) is 25.5 Å². The highest BCUT2D eigenvalue weighted by molar-refractivity contribution is 7.13. The fraction of sp³-hybridized carbons (Fsp3) is 0.364.